The van der Waals surface area contributed by atoms with Gasteiger partial charge in [-0.1, -0.05) is 12.1 Å². The van der Waals surface area contributed by atoms with Crippen LogP contribution in [0, 0.1) is 0 Å². The molecule has 0 spiro atoms. The van der Waals surface area contributed by atoms with Gasteiger partial charge in [-0.3, -0.25) is 4.68 Å². The largest absolute Gasteiger partial charge is 0.497 e. The molecule has 1 aliphatic heterocycles. The van der Waals surface area contributed by atoms with Gasteiger partial charge in [-0.15, -0.1) is 0 Å². The number of ether oxygens (including phenoxy) is 1. The highest BCUT2D eigenvalue weighted by Crippen LogP contribution is 2.28. The fraction of sp³-hybridized carbons (Fsp3) is 0.400. The zero-order valence-electron chi connectivity index (χ0n) is 11.4. The van der Waals surface area contributed by atoms with Crippen molar-refractivity contribution in [2.45, 2.75) is 18.9 Å². The van der Waals surface area contributed by atoms with Gasteiger partial charge in [0.15, 0.2) is 0 Å². The molecule has 0 amide bonds. The van der Waals surface area contributed by atoms with Crippen molar-refractivity contribution in [3.05, 3.63) is 36.0 Å². The number of hydrogen-bond donors (Lipinski definition) is 1. The summed E-state index contributed by atoms with van der Waals surface area (Å²) in [6.45, 7) is 1.09. The van der Waals surface area contributed by atoms with E-state index in [1.807, 2.05) is 29.9 Å². The lowest BCUT2D eigenvalue weighted by Gasteiger charge is -2.04. The summed E-state index contributed by atoms with van der Waals surface area (Å²) in [4.78, 5) is 0. The Morgan fingerprint density at radius 3 is 3.00 bits per heavy atom. The number of aryl methyl sites for hydroxylation is 1. The Bertz CT molecular complexity index is 571. The van der Waals surface area contributed by atoms with E-state index >= 15 is 0 Å². The maximum absolute atomic E-state index is 5.28. The summed E-state index contributed by atoms with van der Waals surface area (Å²) in [6, 6.07) is 10.7. The minimum atomic E-state index is 0.408. The second-order valence-electron chi connectivity index (χ2n) is 4.96. The van der Waals surface area contributed by atoms with Crippen molar-refractivity contribution in [3.63, 3.8) is 0 Å². The van der Waals surface area contributed by atoms with Crippen LogP contribution in [0.4, 0.5) is 0 Å². The average Bonchev–Trinajstić information content (AvgIpc) is 3.07. The van der Waals surface area contributed by atoms with Crippen LogP contribution in [-0.4, -0.2) is 23.4 Å². The van der Waals surface area contributed by atoms with Gasteiger partial charge < -0.3 is 10.1 Å². The Balaban J connectivity index is 1.95. The fourth-order valence-electron chi connectivity index (χ4n) is 2.65. The summed E-state index contributed by atoms with van der Waals surface area (Å²) in [5.41, 5.74) is 3.40. The van der Waals surface area contributed by atoms with Gasteiger partial charge in [-0.25, -0.2) is 0 Å². The maximum atomic E-state index is 5.28. The topological polar surface area (TPSA) is 39.1 Å². The Labute approximate surface area is 113 Å². The highest BCUT2D eigenvalue weighted by molar-refractivity contribution is 5.62. The standard InChI is InChI=1S/C15H19N3O/c1-18-15(11-5-3-6-12(9-11)19-2)10-14(17-18)13-7-4-8-16-13/h3,5-6,9-10,13,16H,4,7-8H2,1-2H3. The van der Waals surface area contributed by atoms with Crippen molar-refractivity contribution in [3.8, 4) is 17.0 Å². The molecule has 0 bridgehead atoms. The lowest BCUT2D eigenvalue weighted by molar-refractivity contribution is 0.415. The van der Waals surface area contributed by atoms with Crippen LogP contribution >= 0.6 is 0 Å². The van der Waals surface area contributed by atoms with Gasteiger partial charge in [0.25, 0.3) is 0 Å². The second kappa shape index (κ2) is 5.05. The maximum Gasteiger partial charge on any atom is 0.119 e. The Kier molecular flexibility index (Phi) is 3.25. The summed E-state index contributed by atoms with van der Waals surface area (Å²) in [5, 5.41) is 8.12. The van der Waals surface area contributed by atoms with Crippen molar-refractivity contribution >= 4 is 0 Å². The van der Waals surface area contributed by atoms with Crippen molar-refractivity contribution in [1.82, 2.24) is 15.1 Å². The smallest absolute Gasteiger partial charge is 0.119 e. The SMILES string of the molecule is COc1cccc(-c2cc(C3CCCN3)nn2C)c1. The van der Waals surface area contributed by atoms with Crippen LogP contribution < -0.4 is 10.1 Å². The van der Waals surface area contributed by atoms with Gasteiger partial charge in [0.1, 0.15) is 5.75 Å². The van der Waals surface area contributed by atoms with E-state index in [9.17, 15) is 0 Å². The van der Waals surface area contributed by atoms with Crippen LogP contribution in [0.3, 0.4) is 0 Å². The summed E-state index contributed by atoms with van der Waals surface area (Å²) in [7, 11) is 3.68. The van der Waals surface area contributed by atoms with Crippen molar-refractivity contribution < 1.29 is 4.74 Å². The molecule has 0 radical (unpaired) electrons. The number of nitrogens with one attached hydrogen (secondary N) is 1. The first-order valence-corrected chi connectivity index (χ1v) is 6.69. The summed E-state index contributed by atoms with van der Waals surface area (Å²) in [6.07, 6.45) is 2.41. The summed E-state index contributed by atoms with van der Waals surface area (Å²) >= 11 is 0. The lowest BCUT2D eigenvalue weighted by Crippen LogP contribution is -2.13. The van der Waals surface area contributed by atoms with E-state index in [4.69, 9.17) is 4.74 Å². The highest BCUT2D eigenvalue weighted by atomic mass is 16.5. The first-order chi connectivity index (χ1) is 9.28. The molecule has 1 aromatic carbocycles. The normalized spacial score (nSPS) is 18.7. The molecule has 2 heterocycles. The number of hydrogen-bond acceptors (Lipinski definition) is 3. The Hall–Kier alpha value is -1.81. The molecule has 1 aliphatic rings. The summed E-state index contributed by atoms with van der Waals surface area (Å²) < 4.78 is 7.23. The van der Waals surface area contributed by atoms with E-state index < -0.39 is 0 Å². The van der Waals surface area contributed by atoms with Crippen molar-refractivity contribution in [1.29, 1.82) is 0 Å². The van der Waals surface area contributed by atoms with E-state index in [2.05, 4.69) is 22.5 Å². The Morgan fingerprint density at radius 1 is 1.37 bits per heavy atom. The number of benzene rings is 1. The van der Waals surface area contributed by atoms with Gasteiger partial charge in [-0.2, -0.15) is 5.10 Å². The van der Waals surface area contributed by atoms with E-state index in [1.165, 1.54) is 12.8 Å². The molecular formula is C15H19N3O. The molecule has 0 aliphatic carbocycles. The van der Waals surface area contributed by atoms with Gasteiger partial charge in [0, 0.05) is 12.6 Å². The van der Waals surface area contributed by atoms with Gasteiger partial charge in [-0.05, 0) is 37.6 Å². The van der Waals surface area contributed by atoms with Crippen LogP contribution in [0.15, 0.2) is 30.3 Å². The Morgan fingerprint density at radius 2 is 2.26 bits per heavy atom. The van der Waals surface area contributed by atoms with E-state index in [0.29, 0.717) is 6.04 Å². The molecule has 3 rings (SSSR count). The minimum absolute atomic E-state index is 0.408. The molecule has 1 saturated heterocycles. The first-order valence-electron chi connectivity index (χ1n) is 6.69. The molecule has 0 saturated carbocycles. The number of methoxy groups -OCH3 is 1. The molecule has 2 aromatic rings. The number of rotatable bonds is 3. The summed E-state index contributed by atoms with van der Waals surface area (Å²) in [5.74, 6) is 0.874. The van der Waals surface area contributed by atoms with Gasteiger partial charge in [0.05, 0.1) is 24.5 Å². The third-order valence-corrected chi connectivity index (χ3v) is 3.68. The molecule has 1 fully saturated rings. The van der Waals surface area contributed by atoms with Crippen LogP contribution in [0.1, 0.15) is 24.6 Å². The molecule has 4 heteroatoms. The third kappa shape index (κ3) is 2.36. The molecule has 19 heavy (non-hydrogen) atoms. The third-order valence-electron chi connectivity index (χ3n) is 3.68. The van der Waals surface area contributed by atoms with Crippen molar-refractivity contribution in [2.24, 2.45) is 7.05 Å². The minimum Gasteiger partial charge on any atom is -0.497 e. The number of aromatic nitrogens is 2. The van der Waals surface area contributed by atoms with Crippen LogP contribution in [0.5, 0.6) is 5.75 Å². The van der Waals surface area contributed by atoms with Crippen molar-refractivity contribution in [2.75, 3.05) is 13.7 Å². The second-order valence-corrected chi connectivity index (χ2v) is 4.96. The highest BCUT2D eigenvalue weighted by Gasteiger charge is 2.20. The number of nitrogens with zero attached hydrogens (tertiary/aromatic N) is 2. The molecule has 4 nitrogen and oxygen atoms in total. The van der Waals surface area contributed by atoms with Crippen LogP contribution in [0.25, 0.3) is 11.3 Å². The molecule has 1 atom stereocenters. The van der Waals surface area contributed by atoms with Crippen LogP contribution in [0.2, 0.25) is 0 Å². The molecule has 100 valence electrons. The molecule has 1 aromatic heterocycles. The average molecular weight is 257 g/mol. The first kappa shape index (κ1) is 12.2. The predicted molar refractivity (Wildman–Crippen MR) is 75.2 cm³/mol. The molecule has 1 unspecified atom stereocenters. The van der Waals surface area contributed by atoms with Gasteiger partial charge >= 0.3 is 0 Å². The molecular weight excluding hydrogens is 238 g/mol. The fourth-order valence-corrected chi connectivity index (χ4v) is 2.65. The molecule has 1 N–H and O–H groups in total. The van der Waals surface area contributed by atoms with E-state index in [-0.39, 0.29) is 0 Å². The monoisotopic (exact) mass is 257 g/mol. The quantitative estimate of drug-likeness (QED) is 0.918. The zero-order chi connectivity index (χ0) is 13.2. The predicted octanol–water partition coefficient (Wildman–Crippen LogP) is 2.52. The zero-order valence-corrected chi connectivity index (χ0v) is 11.4. The van der Waals surface area contributed by atoms with Crippen LogP contribution in [-0.2, 0) is 7.05 Å². The van der Waals surface area contributed by atoms with E-state index in [0.717, 1.165) is 29.2 Å². The lowest BCUT2D eigenvalue weighted by atomic mass is 10.1. The van der Waals surface area contributed by atoms with E-state index in [1.54, 1.807) is 7.11 Å². The van der Waals surface area contributed by atoms with Gasteiger partial charge in [0.2, 0.25) is 0 Å².